The second-order valence-electron chi connectivity index (χ2n) is 10.3. The van der Waals surface area contributed by atoms with Crippen LogP contribution in [-0.2, 0) is 27.2 Å². The molecule has 4 rings (SSSR count). The average molecular weight is 481 g/mol. The second kappa shape index (κ2) is 10.8. The molecule has 6 heteroatoms. The highest BCUT2D eigenvalue weighted by atomic mass is 16.5. The molecule has 35 heavy (non-hydrogen) atoms. The Morgan fingerprint density at radius 2 is 1.69 bits per heavy atom. The zero-order valence-electron chi connectivity index (χ0n) is 22.5. The van der Waals surface area contributed by atoms with Gasteiger partial charge in [0.2, 0.25) is 0 Å². The number of aliphatic hydroxyl groups is 1. The zero-order chi connectivity index (χ0) is 25.9. The van der Waals surface area contributed by atoms with Gasteiger partial charge in [-0.25, -0.2) is 0 Å². The predicted molar refractivity (Wildman–Crippen MR) is 143 cm³/mol. The molecule has 0 atom stereocenters. The van der Waals surface area contributed by atoms with E-state index in [1.165, 1.54) is 35.0 Å². The fraction of sp³-hybridized carbons (Fsp3) is 0.483. The maximum atomic E-state index is 12.4. The number of benzene rings is 2. The van der Waals surface area contributed by atoms with E-state index < -0.39 is 5.60 Å². The van der Waals surface area contributed by atoms with E-state index in [9.17, 15) is 4.79 Å². The SMILES string of the molecule is CC(C)(C)O.COCCN1CCn2c(C)cc3c(-c4ccc(C)cc4)c(CC(=O)OC)c(C)c1c32. The summed E-state index contributed by atoms with van der Waals surface area (Å²) < 4.78 is 12.8. The third-order valence-electron chi connectivity index (χ3n) is 6.27. The average Bonchev–Trinajstić information content (AvgIpc) is 3.12. The Kier molecular flexibility index (Phi) is 8.29. The second-order valence-corrected chi connectivity index (χ2v) is 10.3. The third-order valence-corrected chi connectivity index (χ3v) is 6.27. The Labute approximate surface area is 209 Å². The molecule has 0 amide bonds. The van der Waals surface area contributed by atoms with Crippen molar-refractivity contribution in [2.45, 2.75) is 60.1 Å². The van der Waals surface area contributed by atoms with Gasteiger partial charge in [0.1, 0.15) is 0 Å². The summed E-state index contributed by atoms with van der Waals surface area (Å²) in [5, 5.41) is 9.73. The molecule has 0 saturated heterocycles. The van der Waals surface area contributed by atoms with Crippen LogP contribution in [0, 0.1) is 20.8 Å². The number of esters is 1. The number of aromatic nitrogens is 1. The lowest BCUT2D eigenvalue weighted by atomic mass is 9.88. The van der Waals surface area contributed by atoms with Crippen LogP contribution >= 0.6 is 0 Å². The highest BCUT2D eigenvalue weighted by Gasteiger charge is 2.28. The van der Waals surface area contributed by atoms with E-state index in [0.29, 0.717) is 6.61 Å². The fourth-order valence-electron chi connectivity index (χ4n) is 4.71. The highest BCUT2D eigenvalue weighted by molar-refractivity contribution is 6.07. The summed E-state index contributed by atoms with van der Waals surface area (Å²) in [7, 11) is 3.19. The third kappa shape index (κ3) is 6.06. The fourth-order valence-corrected chi connectivity index (χ4v) is 4.71. The molecule has 0 radical (unpaired) electrons. The van der Waals surface area contributed by atoms with Crippen molar-refractivity contribution in [1.82, 2.24) is 4.57 Å². The molecule has 1 aliphatic rings. The number of ether oxygens (including phenoxy) is 2. The standard InChI is InChI=1S/C25H30N2O3.C4H10O/c1-16-6-8-19(9-7-16)23-20(15-22(28)30-5)18(3)24-25-21(23)14-17(2)27(25)11-10-26(24)12-13-29-4;1-4(2,3)5/h6-9,14H,10-13,15H2,1-5H3;5H,1-3H3. The highest BCUT2D eigenvalue weighted by Crippen LogP contribution is 2.44. The molecule has 2 heterocycles. The smallest absolute Gasteiger partial charge is 0.310 e. The van der Waals surface area contributed by atoms with Crippen molar-refractivity contribution in [3.8, 4) is 11.1 Å². The van der Waals surface area contributed by atoms with E-state index in [4.69, 9.17) is 14.6 Å². The summed E-state index contributed by atoms with van der Waals surface area (Å²) in [6.07, 6.45) is 0.261. The normalized spacial score (nSPS) is 13.0. The van der Waals surface area contributed by atoms with Gasteiger partial charge in [-0.1, -0.05) is 29.8 Å². The van der Waals surface area contributed by atoms with E-state index in [1.807, 2.05) is 0 Å². The number of hydrogen-bond acceptors (Lipinski definition) is 5. The summed E-state index contributed by atoms with van der Waals surface area (Å²) in [5.74, 6) is -0.214. The van der Waals surface area contributed by atoms with Crippen molar-refractivity contribution in [2.75, 3.05) is 38.8 Å². The Bertz CT molecular complexity index is 1180. The monoisotopic (exact) mass is 480 g/mol. The quantitative estimate of drug-likeness (QED) is 0.492. The van der Waals surface area contributed by atoms with Crippen LogP contribution in [0.1, 0.15) is 43.2 Å². The van der Waals surface area contributed by atoms with Gasteiger partial charge in [-0.3, -0.25) is 4.79 Å². The summed E-state index contributed by atoms with van der Waals surface area (Å²) in [6.45, 7) is 15.0. The number of nitrogens with zero attached hydrogens (tertiary/aromatic N) is 2. The number of aryl methyl sites for hydroxylation is 2. The molecule has 6 nitrogen and oxygen atoms in total. The van der Waals surface area contributed by atoms with Crippen LogP contribution in [0.3, 0.4) is 0 Å². The van der Waals surface area contributed by atoms with Crippen LogP contribution in [0.4, 0.5) is 5.69 Å². The molecule has 190 valence electrons. The van der Waals surface area contributed by atoms with Gasteiger partial charge in [0, 0.05) is 37.8 Å². The van der Waals surface area contributed by atoms with E-state index in [0.717, 1.165) is 41.9 Å². The van der Waals surface area contributed by atoms with Gasteiger partial charge < -0.3 is 24.0 Å². The molecule has 0 fully saturated rings. The number of methoxy groups -OCH3 is 2. The molecule has 0 saturated carbocycles. The first-order valence-electron chi connectivity index (χ1n) is 12.2. The summed E-state index contributed by atoms with van der Waals surface area (Å²) in [5.41, 5.74) is 8.94. The van der Waals surface area contributed by atoms with E-state index in [1.54, 1.807) is 27.9 Å². The van der Waals surface area contributed by atoms with Crippen molar-refractivity contribution in [2.24, 2.45) is 0 Å². The van der Waals surface area contributed by atoms with Crippen LogP contribution in [0.15, 0.2) is 30.3 Å². The van der Waals surface area contributed by atoms with Gasteiger partial charge >= 0.3 is 5.97 Å². The molecule has 0 spiro atoms. The minimum absolute atomic E-state index is 0.214. The molecule has 1 N–H and O–H groups in total. The summed E-state index contributed by atoms with van der Waals surface area (Å²) in [6, 6.07) is 10.9. The maximum absolute atomic E-state index is 12.4. The van der Waals surface area contributed by atoms with E-state index in [2.05, 4.69) is 60.6 Å². The maximum Gasteiger partial charge on any atom is 0.310 e. The Morgan fingerprint density at radius 1 is 1.06 bits per heavy atom. The first-order chi connectivity index (χ1) is 16.5. The van der Waals surface area contributed by atoms with Crippen LogP contribution in [-0.4, -0.2) is 55.2 Å². The van der Waals surface area contributed by atoms with E-state index in [-0.39, 0.29) is 12.4 Å². The largest absolute Gasteiger partial charge is 0.469 e. The summed E-state index contributed by atoms with van der Waals surface area (Å²) in [4.78, 5) is 14.8. The van der Waals surface area contributed by atoms with Crippen molar-refractivity contribution >= 4 is 22.6 Å². The number of carbonyl (C=O) groups excluding carboxylic acids is 1. The lowest BCUT2D eigenvalue weighted by Gasteiger charge is -2.34. The Morgan fingerprint density at radius 3 is 2.26 bits per heavy atom. The van der Waals surface area contributed by atoms with Gasteiger partial charge in [0.15, 0.2) is 0 Å². The molecule has 2 aromatic carbocycles. The molecule has 3 aromatic rings. The zero-order valence-corrected chi connectivity index (χ0v) is 22.5. The van der Waals surface area contributed by atoms with Crippen molar-refractivity contribution in [3.63, 3.8) is 0 Å². The molecule has 0 aliphatic carbocycles. The van der Waals surface area contributed by atoms with Crippen molar-refractivity contribution < 1.29 is 19.4 Å². The van der Waals surface area contributed by atoms with Gasteiger partial charge in [-0.2, -0.15) is 0 Å². The first-order valence-corrected chi connectivity index (χ1v) is 12.2. The van der Waals surface area contributed by atoms with E-state index >= 15 is 0 Å². The summed E-state index contributed by atoms with van der Waals surface area (Å²) >= 11 is 0. The molecule has 0 unspecified atom stereocenters. The first kappa shape index (κ1) is 26.8. The number of anilines is 1. The Hall–Kier alpha value is -2.83. The Balaban J connectivity index is 0.000000623. The predicted octanol–water partition coefficient (Wildman–Crippen LogP) is 5.19. The number of carbonyl (C=O) groups is 1. The lowest BCUT2D eigenvalue weighted by molar-refractivity contribution is -0.139. The van der Waals surface area contributed by atoms with Crippen LogP contribution in [0.2, 0.25) is 0 Å². The molecular weight excluding hydrogens is 440 g/mol. The van der Waals surface area contributed by atoms with Crippen LogP contribution in [0.25, 0.3) is 22.0 Å². The van der Waals surface area contributed by atoms with Gasteiger partial charge in [-0.15, -0.1) is 0 Å². The molecular formula is C29H40N2O4. The molecule has 1 aromatic heterocycles. The molecule has 0 bridgehead atoms. The minimum atomic E-state index is -0.500. The minimum Gasteiger partial charge on any atom is -0.469 e. The lowest BCUT2D eigenvalue weighted by Crippen LogP contribution is -2.35. The van der Waals surface area contributed by atoms with Gasteiger partial charge in [0.25, 0.3) is 0 Å². The van der Waals surface area contributed by atoms with Crippen LogP contribution < -0.4 is 4.90 Å². The van der Waals surface area contributed by atoms with Crippen LogP contribution in [0.5, 0.6) is 0 Å². The number of hydrogen-bond donors (Lipinski definition) is 1. The van der Waals surface area contributed by atoms with Crippen molar-refractivity contribution in [1.29, 1.82) is 0 Å². The number of rotatable bonds is 6. The topological polar surface area (TPSA) is 63.9 Å². The molecule has 1 aliphatic heterocycles. The van der Waals surface area contributed by atoms with Gasteiger partial charge in [0.05, 0.1) is 36.9 Å². The van der Waals surface area contributed by atoms with Crippen molar-refractivity contribution in [3.05, 3.63) is 52.7 Å². The van der Waals surface area contributed by atoms with Gasteiger partial charge in [-0.05, 0) is 69.9 Å².